The minimum Gasteiger partial charge on any atom is -0.497 e. The van der Waals surface area contributed by atoms with Crippen LogP contribution in [0.4, 0.5) is 0 Å². The highest BCUT2D eigenvalue weighted by Crippen LogP contribution is 2.21. The lowest BCUT2D eigenvalue weighted by molar-refractivity contribution is -0.122. The number of ether oxygens (including phenoxy) is 1. The molecule has 106 valence electrons. The number of hydrogen-bond acceptors (Lipinski definition) is 3. The van der Waals surface area contributed by atoms with Gasteiger partial charge in [-0.25, -0.2) is 0 Å². The van der Waals surface area contributed by atoms with Crippen LogP contribution in [0.1, 0.15) is 18.9 Å². The number of amides is 1. The molecule has 0 aliphatic heterocycles. The van der Waals surface area contributed by atoms with Crippen LogP contribution in [-0.2, 0) is 11.3 Å². The average Bonchev–Trinajstić information content (AvgIpc) is 2.50. The molecule has 0 bridgehead atoms. The summed E-state index contributed by atoms with van der Waals surface area (Å²) in [5.74, 6) is 0.731. The fourth-order valence-electron chi connectivity index (χ4n) is 2.02. The highest BCUT2D eigenvalue weighted by molar-refractivity contribution is 5.85. The first kappa shape index (κ1) is 14.3. The van der Waals surface area contributed by atoms with Gasteiger partial charge < -0.3 is 15.8 Å². The summed E-state index contributed by atoms with van der Waals surface area (Å²) in [4.78, 5) is 11.6. The molecule has 3 N–H and O–H groups in total. The van der Waals surface area contributed by atoms with Crippen LogP contribution < -0.4 is 15.8 Å². The largest absolute Gasteiger partial charge is 0.497 e. The van der Waals surface area contributed by atoms with Gasteiger partial charge in [-0.1, -0.05) is 25.1 Å². The number of hydrogen-bond donors (Lipinski definition) is 2. The highest BCUT2D eigenvalue weighted by atomic mass is 16.5. The van der Waals surface area contributed by atoms with E-state index in [0.717, 1.165) is 22.1 Å². The number of methoxy groups -OCH3 is 1. The van der Waals surface area contributed by atoms with Crippen LogP contribution in [-0.4, -0.2) is 19.1 Å². The molecular weight excluding hydrogens is 252 g/mol. The molecule has 0 aliphatic rings. The molecule has 2 aromatic rings. The van der Waals surface area contributed by atoms with Gasteiger partial charge in [0.2, 0.25) is 5.91 Å². The Labute approximate surface area is 118 Å². The van der Waals surface area contributed by atoms with Crippen LogP contribution in [0, 0.1) is 0 Å². The summed E-state index contributed by atoms with van der Waals surface area (Å²) in [6.45, 7) is 2.39. The Hall–Kier alpha value is -2.07. The van der Waals surface area contributed by atoms with Crippen molar-refractivity contribution in [1.29, 1.82) is 0 Å². The molecule has 0 spiro atoms. The van der Waals surface area contributed by atoms with Crippen LogP contribution in [0.25, 0.3) is 10.8 Å². The Bertz CT molecular complexity index is 610. The van der Waals surface area contributed by atoms with E-state index in [0.29, 0.717) is 13.0 Å². The zero-order chi connectivity index (χ0) is 14.5. The van der Waals surface area contributed by atoms with Crippen LogP contribution >= 0.6 is 0 Å². The van der Waals surface area contributed by atoms with Gasteiger partial charge in [0.25, 0.3) is 0 Å². The third-order valence-electron chi connectivity index (χ3n) is 3.36. The van der Waals surface area contributed by atoms with Gasteiger partial charge in [-0.3, -0.25) is 4.79 Å². The molecule has 2 aromatic carbocycles. The van der Waals surface area contributed by atoms with Crippen molar-refractivity contribution >= 4 is 16.7 Å². The second-order valence-electron chi connectivity index (χ2n) is 4.78. The van der Waals surface area contributed by atoms with E-state index in [2.05, 4.69) is 11.4 Å². The van der Waals surface area contributed by atoms with E-state index in [1.54, 1.807) is 7.11 Å². The number of rotatable bonds is 5. The maximum Gasteiger partial charge on any atom is 0.237 e. The lowest BCUT2D eigenvalue weighted by atomic mass is 10.1. The lowest BCUT2D eigenvalue weighted by Gasteiger charge is -2.10. The van der Waals surface area contributed by atoms with E-state index in [4.69, 9.17) is 10.5 Å². The van der Waals surface area contributed by atoms with Gasteiger partial charge in [-0.05, 0) is 41.0 Å². The first-order chi connectivity index (χ1) is 9.63. The summed E-state index contributed by atoms with van der Waals surface area (Å²) in [5, 5.41) is 5.09. The van der Waals surface area contributed by atoms with E-state index < -0.39 is 6.04 Å². The fourth-order valence-corrected chi connectivity index (χ4v) is 2.02. The SMILES string of the molecule is CC[C@@H](N)C(=O)NCc1ccc2cc(OC)ccc2c1. The van der Waals surface area contributed by atoms with E-state index >= 15 is 0 Å². The van der Waals surface area contributed by atoms with E-state index in [9.17, 15) is 4.79 Å². The van der Waals surface area contributed by atoms with E-state index in [1.807, 2.05) is 37.3 Å². The van der Waals surface area contributed by atoms with Crippen molar-refractivity contribution in [3.63, 3.8) is 0 Å². The Morgan fingerprint density at radius 2 is 1.95 bits per heavy atom. The number of nitrogens with two attached hydrogens (primary N) is 1. The van der Waals surface area contributed by atoms with Crippen LogP contribution in [0.5, 0.6) is 5.75 Å². The van der Waals surface area contributed by atoms with Gasteiger partial charge in [0, 0.05) is 6.54 Å². The lowest BCUT2D eigenvalue weighted by Crippen LogP contribution is -2.39. The third kappa shape index (κ3) is 3.27. The maximum atomic E-state index is 11.6. The molecule has 4 nitrogen and oxygen atoms in total. The molecule has 0 aliphatic carbocycles. The summed E-state index contributed by atoms with van der Waals surface area (Å²) in [7, 11) is 1.65. The van der Waals surface area contributed by atoms with Crippen molar-refractivity contribution < 1.29 is 9.53 Å². The predicted octanol–water partition coefficient (Wildman–Crippen LogP) is 2.20. The zero-order valence-corrected chi connectivity index (χ0v) is 11.8. The van der Waals surface area contributed by atoms with Crippen molar-refractivity contribution in [2.24, 2.45) is 5.73 Å². The molecule has 0 saturated carbocycles. The first-order valence-electron chi connectivity index (χ1n) is 6.74. The van der Waals surface area contributed by atoms with Crippen molar-refractivity contribution in [1.82, 2.24) is 5.32 Å². The second kappa shape index (κ2) is 6.39. The summed E-state index contributed by atoms with van der Waals surface area (Å²) in [5.41, 5.74) is 6.73. The Kier molecular flexibility index (Phi) is 4.58. The van der Waals surface area contributed by atoms with Gasteiger partial charge in [-0.2, -0.15) is 0 Å². The van der Waals surface area contributed by atoms with Gasteiger partial charge in [0.1, 0.15) is 5.75 Å². The maximum absolute atomic E-state index is 11.6. The predicted molar refractivity (Wildman–Crippen MR) is 80.6 cm³/mol. The highest BCUT2D eigenvalue weighted by Gasteiger charge is 2.09. The quantitative estimate of drug-likeness (QED) is 0.877. The van der Waals surface area contributed by atoms with Crippen molar-refractivity contribution in [2.45, 2.75) is 25.9 Å². The van der Waals surface area contributed by atoms with Crippen LogP contribution in [0.2, 0.25) is 0 Å². The topological polar surface area (TPSA) is 64.4 Å². The van der Waals surface area contributed by atoms with Crippen LogP contribution in [0.15, 0.2) is 36.4 Å². The van der Waals surface area contributed by atoms with E-state index in [1.165, 1.54) is 0 Å². The van der Waals surface area contributed by atoms with Gasteiger partial charge >= 0.3 is 0 Å². The molecule has 1 atom stereocenters. The summed E-state index contributed by atoms with van der Waals surface area (Å²) in [6, 6.07) is 11.6. The number of carbonyl (C=O) groups is 1. The van der Waals surface area contributed by atoms with Gasteiger partial charge in [-0.15, -0.1) is 0 Å². The smallest absolute Gasteiger partial charge is 0.237 e. The zero-order valence-electron chi connectivity index (χ0n) is 11.8. The molecule has 0 radical (unpaired) electrons. The molecular formula is C16H20N2O2. The number of nitrogens with one attached hydrogen (secondary N) is 1. The molecule has 4 heteroatoms. The fraction of sp³-hybridized carbons (Fsp3) is 0.312. The Balaban J connectivity index is 2.10. The molecule has 0 aromatic heterocycles. The first-order valence-corrected chi connectivity index (χ1v) is 6.74. The molecule has 20 heavy (non-hydrogen) atoms. The minimum absolute atomic E-state index is 0.109. The molecule has 0 fully saturated rings. The third-order valence-corrected chi connectivity index (χ3v) is 3.36. The molecule has 0 unspecified atom stereocenters. The van der Waals surface area contributed by atoms with Crippen LogP contribution in [0.3, 0.4) is 0 Å². The summed E-state index contributed by atoms with van der Waals surface area (Å²) >= 11 is 0. The normalized spacial score (nSPS) is 12.2. The molecule has 0 heterocycles. The van der Waals surface area contributed by atoms with E-state index in [-0.39, 0.29) is 5.91 Å². The van der Waals surface area contributed by atoms with Crippen molar-refractivity contribution in [3.8, 4) is 5.75 Å². The Morgan fingerprint density at radius 1 is 1.25 bits per heavy atom. The minimum atomic E-state index is -0.431. The monoisotopic (exact) mass is 272 g/mol. The van der Waals surface area contributed by atoms with Crippen molar-refractivity contribution in [3.05, 3.63) is 42.0 Å². The standard InChI is InChI=1S/C16H20N2O2/c1-3-15(17)16(19)18-10-11-4-5-13-9-14(20-2)7-6-12(13)8-11/h4-9,15H,3,10,17H2,1-2H3,(H,18,19)/t15-/m1/s1. The van der Waals surface area contributed by atoms with Crippen molar-refractivity contribution in [2.75, 3.05) is 7.11 Å². The van der Waals surface area contributed by atoms with Gasteiger partial charge in [0.05, 0.1) is 13.2 Å². The molecule has 2 rings (SSSR count). The summed E-state index contributed by atoms with van der Waals surface area (Å²) in [6.07, 6.45) is 0.642. The summed E-state index contributed by atoms with van der Waals surface area (Å²) < 4.78 is 5.20. The number of fused-ring (bicyclic) bond motifs is 1. The molecule has 1 amide bonds. The number of benzene rings is 2. The Morgan fingerprint density at radius 3 is 2.65 bits per heavy atom. The second-order valence-corrected chi connectivity index (χ2v) is 4.78. The number of carbonyl (C=O) groups excluding carboxylic acids is 1. The van der Waals surface area contributed by atoms with Gasteiger partial charge in [0.15, 0.2) is 0 Å². The molecule has 0 saturated heterocycles. The average molecular weight is 272 g/mol.